The SMILES string of the molecule is CN(C)C(=S)SCc1nc(N)nc(Nc2ccccc2)n1. The molecule has 0 bridgehead atoms. The Hall–Kier alpha value is -1.93. The van der Waals surface area contributed by atoms with Gasteiger partial charge in [0.15, 0.2) is 0 Å². The minimum Gasteiger partial charge on any atom is -0.368 e. The van der Waals surface area contributed by atoms with E-state index < -0.39 is 0 Å². The molecule has 2 rings (SSSR count). The molecule has 0 aliphatic rings. The Morgan fingerprint density at radius 1 is 1.24 bits per heavy atom. The van der Waals surface area contributed by atoms with Gasteiger partial charge in [-0.2, -0.15) is 15.0 Å². The molecule has 2 aromatic rings. The molecular weight excluding hydrogens is 304 g/mol. The molecule has 0 spiro atoms. The number of benzene rings is 1. The molecule has 0 radical (unpaired) electrons. The topological polar surface area (TPSA) is 80.0 Å². The van der Waals surface area contributed by atoms with Crippen LogP contribution in [-0.4, -0.2) is 38.3 Å². The number of thioether (sulfide) groups is 1. The average Bonchev–Trinajstić information content (AvgIpc) is 2.45. The van der Waals surface area contributed by atoms with Crippen molar-refractivity contribution in [3.8, 4) is 0 Å². The van der Waals surface area contributed by atoms with E-state index in [0.29, 0.717) is 17.5 Å². The van der Waals surface area contributed by atoms with Crippen molar-refractivity contribution in [2.45, 2.75) is 5.75 Å². The fraction of sp³-hybridized carbons (Fsp3) is 0.231. The van der Waals surface area contributed by atoms with E-state index in [2.05, 4.69) is 20.3 Å². The highest BCUT2D eigenvalue weighted by Gasteiger charge is 2.07. The number of nitrogens with zero attached hydrogens (tertiary/aromatic N) is 4. The number of hydrogen-bond donors (Lipinski definition) is 2. The van der Waals surface area contributed by atoms with Crippen LogP contribution in [0.2, 0.25) is 0 Å². The molecule has 3 N–H and O–H groups in total. The van der Waals surface area contributed by atoms with Crippen molar-refractivity contribution in [3.63, 3.8) is 0 Å². The van der Waals surface area contributed by atoms with Crippen molar-refractivity contribution in [3.05, 3.63) is 36.2 Å². The Morgan fingerprint density at radius 3 is 2.62 bits per heavy atom. The second-order valence-electron chi connectivity index (χ2n) is 4.37. The maximum absolute atomic E-state index is 5.72. The average molecular weight is 320 g/mol. The van der Waals surface area contributed by atoms with Crippen molar-refractivity contribution in [1.82, 2.24) is 19.9 Å². The number of nitrogens with one attached hydrogen (secondary N) is 1. The van der Waals surface area contributed by atoms with Gasteiger partial charge in [-0.05, 0) is 12.1 Å². The fourth-order valence-electron chi connectivity index (χ4n) is 1.46. The lowest BCUT2D eigenvalue weighted by atomic mass is 10.3. The van der Waals surface area contributed by atoms with Gasteiger partial charge in [-0.1, -0.05) is 42.2 Å². The first kappa shape index (κ1) is 15.5. The maximum Gasteiger partial charge on any atom is 0.232 e. The number of hydrogen-bond acceptors (Lipinski definition) is 7. The third-order valence-corrected chi connectivity index (χ3v) is 4.15. The van der Waals surface area contributed by atoms with Gasteiger partial charge in [-0.15, -0.1) is 0 Å². The zero-order valence-corrected chi connectivity index (χ0v) is 13.4. The van der Waals surface area contributed by atoms with Crippen molar-refractivity contribution < 1.29 is 0 Å². The molecule has 1 heterocycles. The van der Waals surface area contributed by atoms with Gasteiger partial charge >= 0.3 is 0 Å². The molecule has 0 aliphatic carbocycles. The molecule has 0 fully saturated rings. The van der Waals surface area contributed by atoms with Crippen LogP contribution < -0.4 is 11.1 Å². The van der Waals surface area contributed by atoms with E-state index in [1.54, 1.807) is 0 Å². The number of anilines is 3. The van der Waals surface area contributed by atoms with Crippen LogP contribution in [0.15, 0.2) is 30.3 Å². The molecule has 0 saturated heterocycles. The first-order valence-electron chi connectivity index (χ1n) is 6.21. The van der Waals surface area contributed by atoms with E-state index in [9.17, 15) is 0 Å². The van der Waals surface area contributed by atoms with Gasteiger partial charge in [0, 0.05) is 19.8 Å². The summed E-state index contributed by atoms with van der Waals surface area (Å²) in [5, 5.41) is 3.10. The summed E-state index contributed by atoms with van der Waals surface area (Å²) in [6.45, 7) is 0. The van der Waals surface area contributed by atoms with Crippen LogP contribution in [0, 0.1) is 0 Å². The van der Waals surface area contributed by atoms with Crippen LogP contribution in [0.3, 0.4) is 0 Å². The molecule has 0 aliphatic heterocycles. The Bertz CT molecular complexity index is 617. The maximum atomic E-state index is 5.72. The van der Waals surface area contributed by atoms with E-state index in [-0.39, 0.29) is 5.95 Å². The van der Waals surface area contributed by atoms with Gasteiger partial charge in [0.2, 0.25) is 11.9 Å². The smallest absolute Gasteiger partial charge is 0.232 e. The van der Waals surface area contributed by atoms with E-state index in [1.165, 1.54) is 11.8 Å². The molecule has 8 heteroatoms. The predicted molar refractivity (Wildman–Crippen MR) is 91.5 cm³/mol. The van der Waals surface area contributed by atoms with E-state index >= 15 is 0 Å². The number of para-hydroxylation sites is 1. The molecule has 6 nitrogen and oxygen atoms in total. The molecule has 1 aromatic carbocycles. The largest absolute Gasteiger partial charge is 0.368 e. The van der Waals surface area contributed by atoms with Gasteiger partial charge < -0.3 is 16.0 Å². The van der Waals surface area contributed by atoms with Crippen LogP contribution in [-0.2, 0) is 5.75 Å². The third-order valence-electron chi connectivity index (χ3n) is 2.42. The van der Waals surface area contributed by atoms with E-state index in [1.807, 2.05) is 49.3 Å². The zero-order chi connectivity index (χ0) is 15.2. The minimum absolute atomic E-state index is 0.190. The second kappa shape index (κ2) is 7.19. The highest BCUT2D eigenvalue weighted by Crippen LogP contribution is 2.16. The normalized spacial score (nSPS) is 10.2. The lowest BCUT2D eigenvalue weighted by molar-refractivity contribution is 0.648. The molecule has 0 saturated carbocycles. The van der Waals surface area contributed by atoms with Crippen LogP contribution in [0.1, 0.15) is 5.82 Å². The lowest BCUT2D eigenvalue weighted by Gasteiger charge is -2.12. The summed E-state index contributed by atoms with van der Waals surface area (Å²) in [4.78, 5) is 14.4. The monoisotopic (exact) mass is 320 g/mol. The molecule has 0 atom stereocenters. The number of nitrogens with two attached hydrogens (primary N) is 1. The fourth-order valence-corrected chi connectivity index (χ4v) is 2.28. The highest BCUT2D eigenvalue weighted by molar-refractivity contribution is 8.22. The minimum atomic E-state index is 0.190. The van der Waals surface area contributed by atoms with Gasteiger partial charge in [0.25, 0.3) is 0 Å². The first-order chi connectivity index (χ1) is 10.0. The quantitative estimate of drug-likeness (QED) is 0.831. The van der Waals surface area contributed by atoms with Gasteiger partial charge in [-0.3, -0.25) is 0 Å². The summed E-state index contributed by atoms with van der Waals surface area (Å²) in [7, 11) is 3.80. The van der Waals surface area contributed by atoms with Crippen molar-refractivity contribution in [1.29, 1.82) is 0 Å². The Balaban J connectivity index is 2.08. The summed E-state index contributed by atoms with van der Waals surface area (Å²) in [5.74, 6) is 1.76. The van der Waals surface area contributed by atoms with Crippen molar-refractivity contribution >= 4 is 45.9 Å². The summed E-state index contributed by atoms with van der Waals surface area (Å²) >= 11 is 6.70. The van der Waals surface area contributed by atoms with E-state index in [4.69, 9.17) is 18.0 Å². The molecule has 21 heavy (non-hydrogen) atoms. The number of nitrogen functional groups attached to an aromatic ring is 1. The first-order valence-corrected chi connectivity index (χ1v) is 7.60. The van der Waals surface area contributed by atoms with E-state index in [0.717, 1.165) is 10.0 Å². The van der Waals surface area contributed by atoms with Crippen molar-refractivity contribution in [2.75, 3.05) is 25.1 Å². The standard InChI is InChI=1S/C13H16N6S2/c1-19(2)13(20)21-8-10-16-11(14)18-12(17-10)15-9-6-4-3-5-7-9/h3-7H,8H2,1-2H3,(H3,14,15,16,17,18). The third kappa shape index (κ3) is 4.83. The number of rotatable bonds is 4. The Morgan fingerprint density at radius 2 is 1.95 bits per heavy atom. The highest BCUT2D eigenvalue weighted by atomic mass is 32.2. The van der Waals surface area contributed by atoms with Crippen LogP contribution in [0.5, 0.6) is 0 Å². The predicted octanol–water partition coefficient (Wildman–Crippen LogP) is 2.28. The summed E-state index contributed by atoms with van der Waals surface area (Å²) in [6.07, 6.45) is 0. The number of thiocarbonyl (C=S) groups is 1. The lowest BCUT2D eigenvalue weighted by Crippen LogP contribution is -2.16. The molecule has 0 unspecified atom stereocenters. The second-order valence-corrected chi connectivity index (χ2v) is 5.98. The Kier molecular flexibility index (Phi) is 5.29. The Labute approximate surface area is 133 Å². The van der Waals surface area contributed by atoms with Crippen LogP contribution in [0.25, 0.3) is 0 Å². The van der Waals surface area contributed by atoms with Gasteiger partial charge in [0.1, 0.15) is 10.1 Å². The zero-order valence-electron chi connectivity index (χ0n) is 11.8. The molecular formula is C13H16N6S2. The number of aromatic nitrogens is 3. The van der Waals surface area contributed by atoms with Crippen LogP contribution in [0.4, 0.5) is 17.6 Å². The van der Waals surface area contributed by atoms with Crippen LogP contribution >= 0.6 is 24.0 Å². The molecule has 0 amide bonds. The molecule has 1 aromatic heterocycles. The van der Waals surface area contributed by atoms with Gasteiger partial charge in [0.05, 0.1) is 5.75 Å². The van der Waals surface area contributed by atoms with Crippen molar-refractivity contribution in [2.24, 2.45) is 0 Å². The summed E-state index contributed by atoms with van der Waals surface area (Å²) in [6, 6.07) is 9.65. The summed E-state index contributed by atoms with van der Waals surface area (Å²) in [5.41, 5.74) is 6.62. The van der Waals surface area contributed by atoms with Gasteiger partial charge in [-0.25, -0.2) is 0 Å². The molecule has 110 valence electrons. The summed E-state index contributed by atoms with van der Waals surface area (Å²) < 4.78 is 0.770.